The van der Waals surface area contributed by atoms with Crippen LogP contribution >= 0.6 is 12.6 Å². The van der Waals surface area contributed by atoms with Crippen molar-refractivity contribution >= 4 is 18.3 Å². The number of rotatable bonds is 5. The molecule has 1 rings (SSSR count). The molecule has 2 N–H and O–H groups in total. The van der Waals surface area contributed by atoms with E-state index in [1.165, 1.54) is 12.0 Å². The molecule has 0 saturated carbocycles. The van der Waals surface area contributed by atoms with Crippen molar-refractivity contribution in [3.05, 3.63) is 40.8 Å². The second-order valence-electron chi connectivity index (χ2n) is 3.36. The van der Waals surface area contributed by atoms with Gasteiger partial charge in [-0.3, -0.25) is 0 Å². The molecule has 0 aliphatic rings. The number of nitrogens with one attached hydrogen (secondary N) is 2. The standard InChI is InChI=1S/C12H18N2S.C2H6/c1-3-4-10-5-7-11(8-6-10)12(9-15)14-13-2;1-2/h5-9,13-15H,3-4H2,1-2H3;1-2H3/b12-9-;. The van der Waals surface area contributed by atoms with Crippen LogP contribution in [0, 0.1) is 0 Å². The Balaban J connectivity index is 0.00000121. The Hall–Kier alpha value is -0.930. The lowest BCUT2D eigenvalue weighted by Gasteiger charge is -2.09. The van der Waals surface area contributed by atoms with Crippen molar-refractivity contribution in [1.29, 1.82) is 0 Å². The van der Waals surface area contributed by atoms with Crippen molar-refractivity contribution in [2.24, 2.45) is 0 Å². The van der Waals surface area contributed by atoms with E-state index in [2.05, 4.69) is 54.7 Å². The first kappa shape index (κ1) is 16.1. The Kier molecular flexibility index (Phi) is 9.68. The molecule has 0 bridgehead atoms. The Bertz CT molecular complexity index is 317. The maximum atomic E-state index is 4.16. The van der Waals surface area contributed by atoms with Crippen LogP contribution in [0.25, 0.3) is 5.70 Å². The van der Waals surface area contributed by atoms with Crippen molar-refractivity contribution in [2.45, 2.75) is 33.6 Å². The van der Waals surface area contributed by atoms with E-state index in [4.69, 9.17) is 0 Å². The molecule has 0 saturated heterocycles. The zero-order valence-electron chi connectivity index (χ0n) is 11.2. The summed E-state index contributed by atoms with van der Waals surface area (Å²) >= 11 is 4.16. The summed E-state index contributed by atoms with van der Waals surface area (Å²) in [6.07, 6.45) is 2.32. The summed E-state index contributed by atoms with van der Waals surface area (Å²) in [6, 6.07) is 8.54. The van der Waals surface area contributed by atoms with Crippen LogP contribution in [0.4, 0.5) is 0 Å². The van der Waals surface area contributed by atoms with Crippen LogP contribution in [0.15, 0.2) is 29.7 Å². The molecule has 1 aromatic carbocycles. The summed E-state index contributed by atoms with van der Waals surface area (Å²) in [4.78, 5) is 0. The van der Waals surface area contributed by atoms with Gasteiger partial charge in [0.2, 0.25) is 0 Å². The van der Waals surface area contributed by atoms with E-state index >= 15 is 0 Å². The largest absolute Gasteiger partial charge is 0.321 e. The third kappa shape index (κ3) is 5.80. The maximum Gasteiger partial charge on any atom is 0.0620 e. The molecule has 96 valence electrons. The lowest BCUT2D eigenvalue weighted by atomic mass is 10.1. The topological polar surface area (TPSA) is 24.1 Å². The normalized spacial score (nSPS) is 10.5. The lowest BCUT2D eigenvalue weighted by molar-refractivity contribution is 0.749. The molecule has 2 nitrogen and oxygen atoms in total. The molecule has 0 spiro atoms. The fourth-order valence-electron chi connectivity index (χ4n) is 1.45. The molecule has 0 aliphatic heterocycles. The van der Waals surface area contributed by atoms with E-state index in [9.17, 15) is 0 Å². The first-order chi connectivity index (χ1) is 8.31. The van der Waals surface area contributed by atoms with Crippen molar-refractivity contribution in [1.82, 2.24) is 10.9 Å². The van der Waals surface area contributed by atoms with Gasteiger partial charge in [0.25, 0.3) is 0 Å². The minimum absolute atomic E-state index is 0.976. The van der Waals surface area contributed by atoms with Crippen molar-refractivity contribution in [3.8, 4) is 0 Å². The van der Waals surface area contributed by atoms with Crippen molar-refractivity contribution in [2.75, 3.05) is 7.05 Å². The molecule has 0 heterocycles. The van der Waals surface area contributed by atoms with E-state index in [1.807, 2.05) is 20.9 Å². The number of thiol groups is 1. The highest BCUT2D eigenvalue weighted by Gasteiger charge is 1.99. The number of benzene rings is 1. The Morgan fingerprint density at radius 2 is 1.82 bits per heavy atom. The Morgan fingerprint density at radius 3 is 2.24 bits per heavy atom. The smallest absolute Gasteiger partial charge is 0.0620 e. The third-order valence-corrected chi connectivity index (χ3v) is 2.45. The Morgan fingerprint density at radius 1 is 1.24 bits per heavy atom. The SMILES string of the molecule is CC.CCCc1ccc(/C(=C/S)NNC)cc1. The molecule has 0 unspecified atom stereocenters. The highest BCUT2D eigenvalue weighted by Crippen LogP contribution is 2.13. The summed E-state index contributed by atoms with van der Waals surface area (Å²) in [5, 5.41) is 1.76. The molecule has 1 aromatic rings. The van der Waals surface area contributed by atoms with E-state index in [-0.39, 0.29) is 0 Å². The highest BCUT2D eigenvalue weighted by molar-refractivity contribution is 7.83. The molecular weight excluding hydrogens is 228 g/mol. The van der Waals surface area contributed by atoms with Gasteiger partial charge in [-0.2, -0.15) is 0 Å². The van der Waals surface area contributed by atoms with Crippen LogP contribution in [0.2, 0.25) is 0 Å². The van der Waals surface area contributed by atoms with Crippen molar-refractivity contribution in [3.63, 3.8) is 0 Å². The summed E-state index contributed by atoms with van der Waals surface area (Å²) in [6.45, 7) is 6.19. The average Bonchev–Trinajstić information content (AvgIpc) is 2.40. The van der Waals surface area contributed by atoms with Crippen LogP contribution in [0.3, 0.4) is 0 Å². The van der Waals surface area contributed by atoms with Gasteiger partial charge in [-0.1, -0.05) is 51.5 Å². The van der Waals surface area contributed by atoms with Gasteiger partial charge < -0.3 is 5.43 Å². The molecule has 0 radical (unpaired) electrons. The minimum Gasteiger partial charge on any atom is -0.321 e. The predicted molar refractivity (Wildman–Crippen MR) is 80.9 cm³/mol. The number of hydrazine groups is 1. The van der Waals surface area contributed by atoms with E-state index in [1.54, 1.807) is 5.41 Å². The van der Waals surface area contributed by atoms with Crippen LogP contribution in [-0.2, 0) is 6.42 Å². The zero-order chi connectivity index (χ0) is 13.1. The van der Waals surface area contributed by atoms with Gasteiger partial charge in [0.15, 0.2) is 0 Å². The van der Waals surface area contributed by atoms with E-state index in [0.29, 0.717) is 0 Å². The fourth-order valence-corrected chi connectivity index (χ4v) is 1.67. The monoisotopic (exact) mass is 252 g/mol. The van der Waals surface area contributed by atoms with Crippen LogP contribution in [0.1, 0.15) is 38.3 Å². The molecular formula is C14H24N2S. The molecule has 3 heteroatoms. The first-order valence-electron chi connectivity index (χ1n) is 6.18. The van der Waals surface area contributed by atoms with Crippen LogP contribution < -0.4 is 10.9 Å². The van der Waals surface area contributed by atoms with Gasteiger partial charge >= 0.3 is 0 Å². The number of hydrogen-bond donors (Lipinski definition) is 3. The fraction of sp³-hybridized carbons (Fsp3) is 0.429. The average molecular weight is 252 g/mol. The van der Waals surface area contributed by atoms with Crippen LogP contribution in [0.5, 0.6) is 0 Å². The van der Waals surface area contributed by atoms with E-state index < -0.39 is 0 Å². The number of aryl methyl sites for hydroxylation is 1. The lowest BCUT2D eigenvalue weighted by Crippen LogP contribution is -2.25. The summed E-state index contributed by atoms with van der Waals surface area (Å²) in [5.74, 6) is 0. The second-order valence-corrected chi connectivity index (χ2v) is 3.62. The second kappa shape index (κ2) is 10.2. The molecule has 0 atom stereocenters. The number of hydrogen-bond acceptors (Lipinski definition) is 3. The molecule has 0 fully saturated rings. The van der Waals surface area contributed by atoms with Gasteiger partial charge in [0.05, 0.1) is 5.70 Å². The Labute approximate surface area is 111 Å². The first-order valence-corrected chi connectivity index (χ1v) is 6.70. The predicted octanol–water partition coefficient (Wildman–Crippen LogP) is 3.62. The van der Waals surface area contributed by atoms with Gasteiger partial charge in [-0.05, 0) is 23.0 Å². The molecule has 0 aromatic heterocycles. The highest BCUT2D eigenvalue weighted by atomic mass is 32.1. The van der Waals surface area contributed by atoms with Crippen molar-refractivity contribution < 1.29 is 0 Å². The minimum atomic E-state index is 0.976. The zero-order valence-corrected chi connectivity index (χ0v) is 12.1. The maximum absolute atomic E-state index is 4.16. The van der Waals surface area contributed by atoms with Gasteiger partial charge in [-0.15, -0.1) is 12.6 Å². The summed E-state index contributed by atoms with van der Waals surface area (Å²) in [7, 11) is 1.84. The van der Waals surface area contributed by atoms with Gasteiger partial charge in [-0.25, -0.2) is 5.43 Å². The van der Waals surface area contributed by atoms with E-state index in [0.717, 1.165) is 17.7 Å². The van der Waals surface area contributed by atoms with Gasteiger partial charge in [0, 0.05) is 7.05 Å². The van der Waals surface area contributed by atoms with Gasteiger partial charge in [0.1, 0.15) is 0 Å². The summed E-state index contributed by atoms with van der Waals surface area (Å²) < 4.78 is 0. The molecule has 17 heavy (non-hydrogen) atoms. The summed E-state index contributed by atoms with van der Waals surface area (Å²) in [5.41, 5.74) is 9.42. The molecule has 0 amide bonds. The third-order valence-electron chi connectivity index (χ3n) is 2.19. The van der Waals surface area contributed by atoms with Crippen LogP contribution in [-0.4, -0.2) is 7.05 Å². The quantitative estimate of drug-likeness (QED) is 0.551. The molecule has 0 aliphatic carbocycles.